The smallest absolute Gasteiger partial charge is 0.222 e. The molecule has 0 aromatic heterocycles. The largest absolute Gasteiger partial charge is 0.357 e. The highest BCUT2D eigenvalue weighted by atomic mass is 16.2. The summed E-state index contributed by atoms with van der Waals surface area (Å²) in [5.41, 5.74) is 0.443. The van der Waals surface area contributed by atoms with Gasteiger partial charge in [0.25, 0.3) is 0 Å². The molecule has 24 heavy (non-hydrogen) atoms. The number of hydrogen-bond donors (Lipinski definition) is 2. The van der Waals surface area contributed by atoms with E-state index in [0.29, 0.717) is 11.3 Å². The minimum atomic E-state index is 0.316. The first-order valence-corrected chi connectivity index (χ1v) is 9.84. The van der Waals surface area contributed by atoms with Gasteiger partial charge in [-0.15, -0.1) is 0 Å². The molecule has 0 radical (unpaired) electrons. The van der Waals surface area contributed by atoms with Gasteiger partial charge in [0.2, 0.25) is 5.91 Å². The highest BCUT2D eigenvalue weighted by Crippen LogP contribution is 2.46. The summed E-state index contributed by atoms with van der Waals surface area (Å²) < 4.78 is 0. The molecule has 1 aliphatic heterocycles. The van der Waals surface area contributed by atoms with E-state index in [-0.39, 0.29) is 0 Å². The number of carbonyl (C=O) groups excluding carboxylic acids is 1. The summed E-state index contributed by atoms with van der Waals surface area (Å²) >= 11 is 0. The summed E-state index contributed by atoms with van der Waals surface area (Å²) in [5, 5.41) is 6.79. The Balaban J connectivity index is 1.74. The summed E-state index contributed by atoms with van der Waals surface area (Å²) in [4.78, 5) is 18.5. The van der Waals surface area contributed by atoms with Crippen LogP contribution in [0.3, 0.4) is 0 Å². The quantitative estimate of drug-likeness (QED) is 0.387. The van der Waals surface area contributed by atoms with Gasteiger partial charge in [-0.25, -0.2) is 0 Å². The molecule has 0 bridgehead atoms. The lowest BCUT2D eigenvalue weighted by Gasteiger charge is -2.42. The van der Waals surface area contributed by atoms with Gasteiger partial charge in [0, 0.05) is 39.1 Å². The Labute approximate surface area is 147 Å². The van der Waals surface area contributed by atoms with Gasteiger partial charge in [-0.2, -0.15) is 0 Å². The average molecular weight is 337 g/mol. The zero-order chi connectivity index (χ0) is 17.4. The van der Waals surface area contributed by atoms with Crippen molar-refractivity contribution in [3.05, 3.63) is 0 Å². The molecule has 2 N–H and O–H groups in total. The van der Waals surface area contributed by atoms with Crippen LogP contribution in [-0.2, 0) is 4.79 Å². The Morgan fingerprint density at radius 2 is 2.08 bits per heavy atom. The van der Waals surface area contributed by atoms with Crippen molar-refractivity contribution in [1.82, 2.24) is 15.5 Å². The fraction of sp³-hybridized carbons (Fsp3) is 0.895. The lowest BCUT2D eigenvalue weighted by molar-refractivity contribution is -0.127. The number of rotatable bonds is 9. The molecule has 0 spiro atoms. The second kappa shape index (κ2) is 9.28. The highest BCUT2D eigenvalue weighted by molar-refractivity contribution is 5.80. The SMILES string of the molecule is CCNC(=NCC1(CC(C)C)CCC1)NCCCN1CCCC1=O. The maximum Gasteiger partial charge on any atom is 0.222 e. The van der Waals surface area contributed by atoms with Gasteiger partial charge in [-0.1, -0.05) is 20.3 Å². The van der Waals surface area contributed by atoms with Gasteiger partial charge < -0.3 is 15.5 Å². The van der Waals surface area contributed by atoms with E-state index in [4.69, 9.17) is 4.99 Å². The van der Waals surface area contributed by atoms with Crippen molar-refractivity contribution < 1.29 is 4.79 Å². The van der Waals surface area contributed by atoms with E-state index in [0.717, 1.165) is 63.9 Å². The monoisotopic (exact) mass is 336 g/mol. The van der Waals surface area contributed by atoms with Crippen LogP contribution in [0.5, 0.6) is 0 Å². The molecule has 1 aliphatic carbocycles. The lowest BCUT2D eigenvalue weighted by atomic mass is 9.64. The molecule has 1 saturated carbocycles. The van der Waals surface area contributed by atoms with Crippen molar-refractivity contribution in [2.24, 2.45) is 16.3 Å². The molecule has 1 saturated heterocycles. The molecule has 0 unspecified atom stereocenters. The summed E-state index contributed by atoms with van der Waals surface area (Å²) in [6, 6.07) is 0. The van der Waals surface area contributed by atoms with Crippen LogP contribution in [0.2, 0.25) is 0 Å². The Morgan fingerprint density at radius 3 is 2.62 bits per heavy atom. The highest BCUT2D eigenvalue weighted by Gasteiger charge is 2.37. The average Bonchev–Trinajstić information content (AvgIpc) is 2.90. The lowest BCUT2D eigenvalue weighted by Crippen LogP contribution is -2.41. The van der Waals surface area contributed by atoms with Crippen LogP contribution in [-0.4, -0.2) is 49.5 Å². The molecule has 5 heteroatoms. The second-order valence-corrected chi connectivity index (χ2v) is 7.91. The summed E-state index contributed by atoms with van der Waals surface area (Å²) in [7, 11) is 0. The van der Waals surface area contributed by atoms with Crippen molar-refractivity contribution >= 4 is 11.9 Å². The van der Waals surface area contributed by atoms with E-state index in [2.05, 4.69) is 31.4 Å². The van der Waals surface area contributed by atoms with E-state index in [1.54, 1.807) is 0 Å². The summed E-state index contributed by atoms with van der Waals surface area (Å²) in [5.74, 6) is 1.99. The van der Waals surface area contributed by atoms with Crippen molar-refractivity contribution in [1.29, 1.82) is 0 Å². The number of amides is 1. The first-order valence-electron chi connectivity index (χ1n) is 9.84. The first kappa shape index (κ1) is 19.1. The van der Waals surface area contributed by atoms with Crippen LogP contribution < -0.4 is 10.6 Å². The van der Waals surface area contributed by atoms with Crippen molar-refractivity contribution in [3.63, 3.8) is 0 Å². The van der Waals surface area contributed by atoms with Crippen molar-refractivity contribution in [2.75, 3.05) is 32.7 Å². The summed E-state index contributed by atoms with van der Waals surface area (Å²) in [6.45, 7) is 11.2. The fourth-order valence-electron chi connectivity index (χ4n) is 3.98. The molecule has 2 fully saturated rings. The zero-order valence-corrected chi connectivity index (χ0v) is 15.9. The van der Waals surface area contributed by atoms with Crippen molar-refractivity contribution in [3.8, 4) is 0 Å². The number of nitrogens with zero attached hydrogens (tertiary/aromatic N) is 2. The molecule has 2 rings (SSSR count). The van der Waals surface area contributed by atoms with Crippen molar-refractivity contribution in [2.45, 2.75) is 65.7 Å². The minimum absolute atomic E-state index is 0.316. The van der Waals surface area contributed by atoms with Crippen LogP contribution in [0.15, 0.2) is 4.99 Å². The van der Waals surface area contributed by atoms with E-state index in [1.165, 1.54) is 25.7 Å². The molecule has 138 valence electrons. The standard InChI is InChI=1S/C19H36N4O/c1-4-20-18(21-11-7-13-23-12-5-8-17(23)24)22-15-19(9-6-10-19)14-16(2)3/h16H,4-15H2,1-3H3,(H2,20,21,22). The predicted octanol–water partition coefficient (Wildman–Crippen LogP) is 2.77. The van der Waals surface area contributed by atoms with Gasteiger partial charge in [-0.3, -0.25) is 9.79 Å². The third-order valence-corrected chi connectivity index (χ3v) is 5.24. The third-order valence-electron chi connectivity index (χ3n) is 5.24. The third kappa shape index (κ3) is 5.67. The normalized spacial score (nSPS) is 20.4. The topological polar surface area (TPSA) is 56.7 Å². The summed E-state index contributed by atoms with van der Waals surface area (Å²) in [6.07, 6.45) is 8.02. The second-order valence-electron chi connectivity index (χ2n) is 7.91. The molecule has 2 aliphatic rings. The number of carbonyl (C=O) groups is 1. The Hall–Kier alpha value is -1.26. The van der Waals surface area contributed by atoms with Crippen LogP contribution in [0.25, 0.3) is 0 Å². The molecule has 0 atom stereocenters. The van der Waals surface area contributed by atoms with Gasteiger partial charge in [0.05, 0.1) is 0 Å². The number of likely N-dealkylation sites (tertiary alicyclic amines) is 1. The van der Waals surface area contributed by atoms with Crippen LogP contribution >= 0.6 is 0 Å². The maximum absolute atomic E-state index is 11.6. The van der Waals surface area contributed by atoms with E-state index in [1.807, 2.05) is 4.90 Å². The van der Waals surface area contributed by atoms with Crippen LogP contribution in [0, 0.1) is 11.3 Å². The Kier molecular flexibility index (Phi) is 7.38. The molecule has 1 amide bonds. The zero-order valence-electron chi connectivity index (χ0n) is 15.9. The van der Waals surface area contributed by atoms with Gasteiger partial charge in [-0.05, 0) is 50.4 Å². The number of hydrogen-bond acceptors (Lipinski definition) is 2. The first-order chi connectivity index (χ1) is 11.5. The van der Waals surface area contributed by atoms with Gasteiger partial charge in [0.1, 0.15) is 0 Å². The van der Waals surface area contributed by atoms with E-state index < -0.39 is 0 Å². The van der Waals surface area contributed by atoms with Crippen LogP contribution in [0.4, 0.5) is 0 Å². The molecular weight excluding hydrogens is 300 g/mol. The van der Waals surface area contributed by atoms with Gasteiger partial charge in [0.15, 0.2) is 5.96 Å². The number of guanidine groups is 1. The maximum atomic E-state index is 11.6. The minimum Gasteiger partial charge on any atom is -0.357 e. The number of nitrogens with one attached hydrogen (secondary N) is 2. The van der Waals surface area contributed by atoms with Gasteiger partial charge >= 0.3 is 0 Å². The Morgan fingerprint density at radius 1 is 1.29 bits per heavy atom. The molecule has 1 heterocycles. The predicted molar refractivity (Wildman–Crippen MR) is 100 cm³/mol. The number of aliphatic imine (C=N–C) groups is 1. The fourth-order valence-corrected chi connectivity index (χ4v) is 3.98. The molecule has 5 nitrogen and oxygen atoms in total. The molecule has 0 aromatic rings. The Bertz CT molecular complexity index is 429. The molecule has 0 aromatic carbocycles. The molecular formula is C19H36N4O. The van der Waals surface area contributed by atoms with E-state index >= 15 is 0 Å². The van der Waals surface area contributed by atoms with Crippen LogP contribution in [0.1, 0.15) is 65.7 Å². The van der Waals surface area contributed by atoms with E-state index in [9.17, 15) is 4.79 Å².